The molecule has 9 aromatic rings. The van der Waals surface area contributed by atoms with E-state index in [-0.39, 0.29) is 6.04 Å². The molecular weight excluding hydrogens is 729 g/mol. The van der Waals surface area contributed by atoms with E-state index in [1.165, 1.54) is 54.0 Å². The maximum absolute atomic E-state index is 2.90. The zero-order valence-corrected chi connectivity index (χ0v) is 33.9. The van der Waals surface area contributed by atoms with Crippen LogP contribution in [0.15, 0.2) is 243 Å². The standard InChI is InChI=1S/C56H44N2Si/c1-5-22-47(23-6-1)57(51-34-32-43-18-13-15-20-45(43)40-51)49-36-38-55(39-37-49)59(53-27-9-3-10-28-53,54-29-11-4-12-30-54)56-31-17-26-50(42-56)58(48-24-7-2-8-25-48)52-35-33-44-19-14-16-21-46(44)41-52/h1-40,42,52H,41H2. The normalized spacial score (nSPS) is 13.5. The van der Waals surface area contributed by atoms with Crippen molar-refractivity contribution in [3.63, 3.8) is 0 Å². The molecule has 0 aromatic heterocycles. The fourth-order valence-electron chi connectivity index (χ4n) is 9.15. The largest absolute Gasteiger partial charge is 0.334 e. The maximum atomic E-state index is 2.54. The molecule has 0 fully saturated rings. The Labute approximate surface area is 348 Å². The van der Waals surface area contributed by atoms with E-state index in [9.17, 15) is 0 Å². The molecule has 0 saturated carbocycles. The molecule has 0 spiro atoms. The molecule has 1 aliphatic rings. The summed E-state index contributed by atoms with van der Waals surface area (Å²) in [6, 6.07) is 87.3. The Morgan fingerprint density at radius 2 is 0.864 bits per heavy atom. The topological polar surface area (TPSA) is 6.48 Å². The van der Waals surface area contributed by atoms with E-state index in [4.69, 9.17) is 0 Å². The smallest absolute Gasteiger partial charge is 0.179 e. The molecule has 2 nitrogen and oxygen atoms in total. The average Bonchev–Trinajstić information content (AvgIpc) is 3.31. The van der Waals surface area contributed by atoms with Crippen LogP contribution in [0.2, 0.25) is 0 Å². The van der Waals surface area contributed by atoms with Gasteiger partial charge in [0.15, 0.2) is 8.07 Å². The third-order valence-electron chi connectivity index (χ3n) is 11.9. The summed E-state index contributed by atoms with van der Waals surface area (Å²) < 4.78 is 0. The van der Waals surface area contributed by atoms with Gasteiger partial charge in [0.05, 0.1) is 6.04 Å². The van der Waals surface area contributed by atoms with Crippen molar-refractivity contribution in [2.24, 2.45) is 0 Å². The summed E-state index contributed by atoms with van der Waals surface area (Å²) in [5, 5.41) is 7.83. The van der Waals surface area contributed by atoms with E-state index in [1.54, 1.807) is 0 Å². The van der Waals surface area contributed by atoms with Gasteiger partial charge in [-0.15, -0.1) is 0 Å². The van der Waals surface area contributed by atoms with Crippen LogP contribution in [-0.2, 0) is 6.42 Å². The van der Waals surface area contributed by atoms with Gasteiger partial charge in [-0.2, -0.15) is 0 Å². The summed E-state index contributed by atoms with van der Waals surface area (Å²) in [5.74, 6) is 0. The number of fused-ring (bicyclic) bond motifs is 2. The highest BCUT2D eigenvalue weighted by Gasteiger charge is 2.42. The summed E-state index contributed by atoms with van der Waals surface area (Å²) in [6.45, 7) is 0. The van der Waals surface area contributed by atoms with Crippen LogP contribution < -0.4 is 30.5 Å². The van der Waals surface area contributed by atoms with E-state index >= 15 is 0 Å². The van der Waals surface area contributed by atoms with Crippen LogP contribution in [0.5, 0.6) is 0 Å². The van der Waals surface area contributed by atoms with Crippen LogP contribution in [0.4, 0.5) is 28.4 Å². The summed E-state index contributed by atoms with van der Waals surface area (Å²) in [5.41, 5.74) is 8.43. The van der Waals surface area contributed by atoms with E-state index < -0.39 is 8.07 Å². The quantitative estimate of drug-likeness (QED) is 0.101. The number of anilines is 5. The molecule has 1 atom stereocenters. The lowest BCUT2D eigenvalue weighted by Gasteiger charge is -2.37. The molecule has 282 valence electrons. The fourth-order valence-corrected chi connectivity index (χ4v) is 13.9. The van der Waals surface area contributed by atoms with Gasteiger partial charge in [0.2, 0.25) is 0 Å². The molecule has 0 radical (unpaired) electrons. The first-order valence-corrected chi connectivity index (χ1v) is 22.5. The van der Waals surface area contributed by atoms with Crippen molar-refractivity contribution in [3.05, 3.63) is 254 Å². The zero-order valence-electron chi connectivity index (χ0n) is 32.9. The number of nitrogens with zero attached hydrogens (tertiary/aromatic N) is 2. The van der Waals surface area contributed by atoms with E-state index in [2.05, 4.69) is 259 Å². The minimum Gasteiger partial charge on any atom is -0.334 e. The molecular formula is C56H44N2Si. The van der Waals surface area contributed by atoms with Gasteiger partial charge in [0.25, 0.3) is 0 Å². The molecule has 0 aliphatic heterocycles. The summed E-state index contributed by atoms with van der Waals surface area (Å²) in [4.78, 5) is 4.91. The Morgan fingerprint density at radius 1 is 0.356 bits per heavy atom. The molecule has 1 unspecified atom stereocenters. The lowest BCUT2D eigenvalue weighted by molar-refractivity contribution is 0.767. The van der Waals surface area contributed by atoms with Crippen molar-refractivity contribution >= 4 is 74.1 Å². The molecule has 0 heterocycles. The minimum absolute atomic E-state index is 0.158. The van der Waals surface area contributed by atoms with Gasteiger partial charge >= 0.3 is 0 Å². The molecule has 9 aromatic carbocycles. The van der Waals surface area contributed by atoms with Crippen molar-refractivity contribution in [3.8, 4) is 0 Å². The fraction of sp³-hybridized carbons (Fsp3) is 0.0357. The predicted octanol–water partition coefficient (Wildman–Crippen LogP) is 11.5. The van der Waals surface area contributed by atoms with E-state index in [0.29, 0.717) is 0 Å². The van der Waals surface area contributed by atoms with E-state index in [1.807, 2.05) is 0 Å². The van der Waals surface area contributed by atoms with Crippen molar-refractivity contribution in [1.82, 2.24) is 0 Å². The van der Waals surface area contributed by atoms with Crippen molar-refractivity contribution in [1.29, 1.82) is 0 Å². The number of benzene rings is 9. The first-order valence-electron chi connectivity index (χ1n) is 20.5. The molecule has 10 rings (SSSR count). The number of hydrogen-bond donors (Lipinski definition) is 0. The predicted molar refractivity (Wildman–Crippen MR) is 254 cm³/mol. The van der Waals surface area contributed by atoms with Crippen LogP contribution in [0, 0.1) is 0 Å². The number of rotatable bonds is 10. The minimum atomic E-state index is -2.90. The third kappa shape index (κ3) is 6.86. The van der Waals surface area contributed by atoms with Gasteiger partial charge in [0, 0.05) is 28.4 Å². The number of hydrogen-bond acceptors (Lipinski definition) is 2. The highest BCUT2D eigenvalue weighted by molar-refractivity contribution is 7.19. The lowest BCUT2D eigenvalue weighted by atomic mass is 9.92. The van der Waals surface area contributed by atoms with Crippen LogP contribution in [0.1, 0.15) is 11.1 Å². The molecule has 0 amide bonds. The Morgan fingerprint density at radius 3 is 1.56 bits per heavy atom. The second-order valence-corrected chi connectivity index (χ2v) is 19.1. The second-order valence-electron chi connectivity index (χ2n) is 15.3. The Bertz CT molecular complexity index is 2820. The van der Waals surface area contributed by atoms with Gasteiger partial charge in [-0.3, -0.25) is 0 Å². The summed E-state index contributed by atoms with van der Waals surface area (Å²) >= 11 is 0. The second kappa shape index (κ2) is 16.0. The molecule has 3 heteroatoms. The molecule has 0 bridgehead atoms. The lowest BCUT2D eigenvalue weighted by Crippen LogP contribution is -2.74. The summed E-state index contributed by atoms with van der Waals surface area (Å²) in [6.07, 6.45) is 5.62. The Hall–Kier alpha value is -7.20. The van der Waals surface area contributed by atoms with Crippen molar-refractivity contribution in [2.45, 2.75) is 12.5 Å². The van der Waals surface area contributed by atoms with Crippen LogP contribution in [0.3, 0.4) is 0 Å². The maximum Gasteiger partial charge on any atom is 0.179 e. The van der Waals surface area contributed by atoms with Gasteiger partial charge in [-0.05, 0) is 110 Å². The Kier molecular flexibility index (Phi) is 9.79. The molecule has 1 aliphatic carbocycles. The van der Waals surface area contributed by atoms with Gasteiger partial charge < -0.3 is 9.80 Å². The average molecular weight is 773 g/mol. The zero-order chi connectivity index (χ0) is 39.4. The first kappa shape index (κ1) is 36.2. The number of para-hydroxylation sites is 2. The van der Waals surface area contributed by atoms with Gasteiger partial charge in [-0.1, -0.05) is 188 Å². The molecule has 0 saturated heterocycles. The third-order valence-corrected chi connectivity index (χ3v) is 16.7. The highest BCUT2D eigenvalue weighted by Crippen LogP contribution is 2.36. The van der Waals surface area contributed by atoms with Crippen LogP contribution in [-0.4, -0.2) is 14.1 Å². The van der Waals surface area contributed by atoms with Crippen LogP contribution >= 0.6 is 0 Å². The monoisotopic (exact) mass is 772 g/mol. The highest BCUT2D eigenvalue weighted by atomic mass is 28.3. The molecule has 59 heavy (non-hydrogen) atoms. The Balaban J connectivity index is 1.15. The van der Waals surface area contributed by atoms with Crippen molar-refractivity contribution in [2.75, 3.05) is 9.80 Å². The van der Waals surface area contributed by atoms with Crippen molar-refractivity contribution < 1.29 is 0 Å². The van der Waals surface area contributed by atoms with Gasteiger partial charge in [-0.25, -0.2) is 0 Å². The van der Waals surface area contributed by atoms with E-state index in [0.717, 1.165) is 23.5 Å². The summed E-state index contributed by atoms with van der Waals surface area (Å²) in [7, 11) is -2.90. The van der Waals surface area contributed by atoms with Crippen LogP contribution in [0.25, 0.3) is 16.8 Å². The van der Waals surface area contributed by atoms with Gasteiger partial charge in [0.1, 0.15) is 0 Å². The molecule has 0 N–H and O–H groups in total. The SMILES string of the molecule is C1=CC(N(c2ccccc2)c2cccc([Si](c3ccccc3)(c3ccccc3)c3ccc(N(c4ccccc4)c4ccc5ccccc5c4)cc3)c2)Cc2ccccc21. The first-order chi connectivity index (χ1) is 29.3.